The fourth-order valence-corrected chi connectivity index (χ4v) is 3.82. The molecule has 3 N–H and O–H groups in total. The lowest BCUT2D eigenvalue weighted by Crippen LogP contribution is -2.57. The molecule has 6 nitrogen and oxygen atoms in total. The molecular formula is C16H20BrFN4O2. The average Bonchev–Trinajstić information content (AvgIpc) is 2.51. The first kappa shape index (κ1) is 17.3. The Labute approximate surface area is 148 Å². The van der Waals surface area contributed by atoms with Crippen LogP contribution in [0.2, 0.25) is 0 Å². The molecule has 1 aromatic rings. The number of benzene rings is 1. The van der Waals surface area contributed by atoms with Gasteiger partial charge in [-0.1, -0.05) is 15.9 Å². The van der Waals surface area contributed by atoms with Crippen LogP contribution in [0.15, 0.2) is 27.8 Å². The smallest absolute Gasteiger partial charge is 0.428 e. The van der Waals surface area contributed by atoms with Gasteiger partial charge in [0.1, 0.15) is 11.5 Å². The van der Waals surface area contributed by atoms with Crippen LogP contribution in [0.5, 0.6) is 0 Å². The van der Waals surface area contributed by atoms with Gasteiger partial charge in [-0.3, -0.25) is 0 Å². The van der Waals surface area contributed by atoms with Crippen LogP contribution in [0.3, 0.4) is 0 Å². The van der Waals surface area contributed by atoms with E-state index in [1.807, 2.05) is 6.92 Å². The predicted octanol–water partition coefficient (Wildman–Crippen LogP) is 2.21. The molecule has 3 rings (SSSR count). The van der Waals surface area contributed by atoms with Crippen molar-refractivity contribution < 1.29 is 13.9 Å². The molecule has 0 saturated carbocycles. The minimum absolute atomic E-state index is 0.0917. The number of nitrogens with two attached hydrogens (primary N) is 1. The Morgan fingerprint density at radius 3 is 2.83 bits per heavy atom. The molecule has 1 saturated heterocycles. The number of likely N-dealkylation sites (tertiary alicyclic amines) is 1. The number of rotatable bonds is 3. The van der Waals surface area contributed by atoms with E-state index in [-0.39, 0.29) is 11.9 Å². The summed E-state index contributed by atoms with van der Waals surface area (Å²) < 4.78 is 19.6. The average molecular weight is 399 g/mol. The number of hydrazone groups is 1. The van der Waals surface area contributed by atoms with Crippen LogP contribution < -0.4 is 11.2 Å². The van der Waals surface area contributed by atoms with Gasteiger partial charge in [0.15, 0.2) is 5.60 Å². The van der Waals surface area contributed by atoms with Crippen molar-refractivity contribution in [3.63, 3.8) is 0 Å². The second-order valence-corrected chi connectivity index (χ2v) is 7.21. The molecule has 1 atom stereocenters. The molecular weight excluding hydrogens is 379 g/mol. The van der Waals surface area contributed by atoms with Crippen molar-refractivity contribution in [2.45, 2.75) is 31.4 Å². The van der Waals surface area contributed by atoms with Crippen molar-refractivity contribution in [1.29, 1.82) is 0 Å². The summed E-state index contributed by atoms with van der Waals surface area (Å²) in [6.45, 7) is 4.28. The van der Waals surface area contributed by atoms with Crippen molar-refractivity contribution in [3.8, 4) is 0 Å². The van der Waals surface area contributed by atoms with Crippen LogP contribution in [0.25, 0.3) is 0 Å². The fourth-order valence-electron chi connectivity index (χ4n) is 3.28. The molecule has 1 unspecified atom stereocenters. The van der Waals surface area contributed by atoms with E-state index in [4.69, 9.17) is 10.5 Å². The summed E-state index contributed by atoms with van der Waals surface area (Å²) in [6.07, 6.45) is 0.684. The highest BCUT2D eigenvalue weighted by molar-refractivity contribution is 9.10. The van der Waals surface area contributed by atoms with Crippen LogP contribution in [0.1, 0.15) is 25.3 Å². The van der Waals surface area contributed by atoms with Gasteiger partial charge < -0.3 is 15.4 Å². The number of halogens is 2. The Balaban J connectivity index is 1.89. The standard InChI is InChI=1S/C16H20BrFN4O2/c1-10(19)9-22-6-4-16(5-7-22)14(20-21-15(23)24-16)12-3-2-11(18)8-13(12)17/h2-3,8,10H,4-7,9,19H2,1H3,(H,21,23). The Morgan fingerprint density at radius 1 is 1.50 bits per heavy atom. The second-order valence-electron chi connectivity index (χ2n) is 6.36. The maximum Gasteiger partial charge on any atom is 0.428 e. The number of carbonyl (C=O) groups excluding carboxylic acids is 1. The van der Waals surface area contributed by atoms with Crippen LogP contribution in [-0.2, 0) is 4.74 Å². The van der Waals surface area contributed by atoms with Gasteiger partial charge in [-0.15, -0.1) is 0 Å². The van der Waals surface area contributed by atoms with Gasteiger partial charge >= 0.3 is 6.09 Å². The number of hydrogen-bond acceptors (Lipinski definition) is 5. The molecule has 2 aliphatic rings. The van der Waals surface area contributed by atoms with Gasteiger partial charge in [0.25, 0.3) is 0 Å². The topological polar surface area (TPSA) is 79.9 Å². The van der Waals surface area contributed by atoms with Crippen LogP contribution in [0.4, 0.5) is 9.18 Å². The number of nitrogens with zero attached hydrogens (tertiary/aromatic N) is 2. The number of carbonyl (C=O) groups is 1. The van der Waals surface area contributed by atoms with Gasteiger partial charge in [-0.05, 0) is 25.1 Å². The second kappa shape index (κ2) is 6.78. The van der Waals surface area contributed by atoms with Crippen molar-refractivity contribution in [2.75, 3.05) is 19.6 Å². The maximum absolute atomic E-state index is 13.4. The van der Waals surface area contributed by atoms with Gasteiger partial charge in [-0.2, -0.15) is 5.10 Å². The summed E-state index contributed by atoms with van der Waals surface area (Å²) in [7, 11) is 0. The summed E-state index contributed by atoms with van der Waals surface area (Å²) in [5.41, 5.74) is 8.78. The molecule has 2 heterocycles. The first-order valence-electron chi connectivity index (χ1n) is 7.90. The molecule has 0 aromatic heterocycles. The number of amides is 1. The lowest BCUT2D eigenvalue weighted by atomic mass is 9.82. The molecule has 1 fully saturated rings. The number of ether oxygens (including phenoxy) is 1. The molecule has 1 spiro atoms. The van der Waals surface area contributed by atoms with Gasteiger partial charge in [0.2, 0.25) is 0 Å². The van der Waals surface area contributed by atoms with Crippen LogP contribution >= 0.6 is 15.9 Å². The Hall–Kier alpha value is -1.51. The summed E-state index contributed by atoms with van der Waals surface area (Å²) in [5.74, 6) is -0.340. The molecule has 1 aromatic carbocycles. The number of nitrogens with one attached hydrogen (secondary N) is 1. The van der Waals surface area contributed by atoms with Crippen molar-refractivity contribution in [3.05, 3.63) is 34.1 Å². The molecule has 130 valence electrons. The maximum atomic E-state index is 13.4. The van der Waals surface area contributed by atoms with Crippen molar-refractivity contribution in [2.24, 2.45) is 10.8 Å². The van der Waals surface area contributed by atoms with E-state index >= 15 is 0 Å². The molecule has 2 aliphatic heterocycles. The lowest BCUT2D eigenvalue weighted by molar-refractivity contribution is 0.00556. The van der Waals surface area contributed by atoms with Crippen LogP contribution in [-0.4, -0.2) is 48.0 Å². The summed E-state index contributed by atoms with van der Waals surface area (Å²) in [5, 5.41) is 4.23. The van der Waals surface area contributed by atoms with Crippen LogP contribution in [0, 0.1) is 5.82 Å². The molecule has 0 radical (unpaired) electrons. The first-order chi connectivity index (χ1) is 11.4. The fraction of sp³-hybridized carbons (Fsp3) is 0.500. The van der Waals surface area contributed by atoms with Gasteiger partial charge in [0, 0.05) is 48.6 Å². The molecule has 0 bridgehead atoms. The number of piperidine rings is 1. The minimum Gasteiger partial charge on any atom is -0.435 e. The highest BCUT2D eigenvalue weighted by atomic mass is 79.9. The SMILES string of the molecule is CC(N)CN1CCC2(CC1)OC(=O)NN=C2c1ccc(F)cc1Br. The lowest BCUT2D eigenvalue weighted by Gasteiger charge is -2.43. The Kier molecular flexibility index (Phi) is 4.89. The molecule has 1 amide bonds. The van der Waals surface area contributed by atoms with Crippen molar-refractivity contribution in [1.82, 2.24) is 10.3 Å². The quantitative estimate of drug-likeness (QED) is 0.817. The molecule has 8 heteroatoms. The first-order valence-corrected chi connectivity index (χ1v) is 8.69. The summed E-state index contributed by atoms with van der Waals surface area (Å²) in [6, 6.07) is 4.49. The minimum atomic E-state index is -0.795. The third-order valence-electron chi connectivity index (χ3n) is 4.37. The van der Waals surface area contributed by atoms with E-state index in [2.05, 4.69) is 31.4 Å². The monoisotopic (exact) mass is 398 g/mol. The van der Waals surface area contributed by atoms with E-state index in [0.717, 1.165) is 25.2 Å². The third kappa shape index (κ3) is 3.45. The zero-order valence-electron chi connectivity index (χ0n) is 13.4. The van der Waals surface area contributed by atoms with E-state index in [0.29, 0.717) is 23.0 Å². The van der Waals surface area contributed by atoms with E-state index < -0.39 is 11.7 Å². The van der Waals surface area contributed by atoms with E-state index in [9.17, 15) is 9.18 Å². The van der Waals surface area contributed by atoms with Crippen molar-refractivity contribution >= 4 is 27.7 Å². The van der Waals surface area contributed by atoms with E-state index in [1.165, 1.54) is 12.1 Å². The molecule has 24 heavy (non-hydrogen) atoms. The van der Waals surface area contributed by atoms with Gasteiger partial charge in [0.05, 0.1) is 0 Å². The Morgan fingerprint density at radius 2 is 2.21 bits per heavy atom. The zero-order valence-corrected chi connectivity index (χ0v) is 15.0. The third-order valence-corrected chi connectivity index (χ3v) is 5.03. The summed E-state index contributed by atoms with van der Waals surface area (Å²) in [4.78, 5) is 14.0. The normalized spacial score (nSPS) is 21.8. The molecule has 0 aliphatic carbocycles. The highest BCUT2D eigenvalue weighted by Crippen LogP contribution is 2.35. The zero-order chi connectivity index (χ0) is 17.3. The Bertz CT molecular complexity index is 672. The number of hydrogen-bond donors (Lipinski definition) is 2. The largest absolute Gasteiger partial charge is 0.435 e. The predicted molar refractivity (Wildman–Crippen MR) is 92.3 cm³/mol. The highest BCUT2D eigenvalue weighted by Gasteiger charge is 2.46. The van der Waals surface area contributed by atoms with E-state index in [1.54, 1.807) is 6.07 Å². The summed E-state index contributed by atoms with van der Waals surface area (Å²) >= 11 is 3.38. The van der Waals surface area contributed by atoms with Gasteiger partial charge in [-0.25, -0.2) is 14.6 Å².